The molecule has 1 amide bonds. The van der Waals surface area contributed by atoms with Crippen molar-refractivity contribution in [2.75, 3.05) is 6.54 Å². The summed E-state index contributed by atoms with van der Waals surface area (Å²) in [6.07, 6.45) is 2.85. The first kappa shape index (κ1) is 18.9. The molecule has 1 aliphatic heterocycles. The van der Waals surface area contributed by atoms with Gasteiger partial charge in [-0.2, -0.15) is 9.89 Å². The highest BCUT2D eigenvalue weighted by Gasteiger charge is 2.52. The molecule has 11 heteroatoms. The van der Waals surface area contributed by atoms with Gasteiger partial charge in [-0.15, -0.1) is 0 Å². The summed E-state index contributed by atoms with van der Waals surface area (Å²) in [6, 6.07) is 5.15. The normalized spacial score (nSPS) is 20.9. The van der Waals surface area contributed by atoms with E-state index in [9.17, 15) is 13.6 Å². The van der Waals surface area contributed by atoms with Gasteiger partial charge < -0.3 is 4.74 Å². The van der Waals surface area contributed by atoms with Gasteiger partial charge in [0.2, 0.25) is 0 Å². The topological polar surface area (TPSA) is 82.3 Å². The molecule has 0 spiro atoms. The number of thiocarbonyl (C=S) groups is 1. The number of nitrogens with zero attached hydrogens (tertiary/aromatic N) is 6. The highest BCUT2D eigenvalue weighted by molar-refractivity contribution is 7.78. The average molecular weight is 415 g/mol. The lowest BCUT2D eigenvalue weighted by Crippen LogP contribution is -2.45. The van der Waals surface area contributed by atoms with Gasteiger partial charge >= 0.3 is 6.09 Å². The predicted octanol–water partition coefficient (Wildman–Crippen LogP) is 3.47. The van der Waals surface area contributed by atoms with Crippen molar-refractivity contribution in [1.82, 2.24) is 24.3 Å². The van der Waals surface area contributed by atoms with Crippen LogP contribution < -0.4 is 4.59 Å². The van der Waals surface area contributed by atoms with Crippen LogP contribution in [0.3, 0.4) is 0 Å². The number of pyridine rings is 1. The van der Waals surface area contributed by atoms with Crippen LogP contribution in [0.25, 0.3) is 16.9 Å². The zero-order valence-electron chi connectivity index (χ0n) is 15.0. The summed E-state index contributed by atoms with van der Waals surface area (Å²) in [5.74, 6) is -1.31. The monoisotopic (exact) mass is 415 g/mol. The number of benzene rings is 1. The van der Waals surface area contributed by atoms with Crippen molar-refractivity contribution in [1.29, 1.82) is 0 Å². The Bertz CT molecular complexity index is 1110. The second-order valence-electron chi connectivity index (χ2n) is 6.37. The molecule has 1 unspecified atom stereocenters. The Labute approximate surface area is 168 Å². The number of halogens is 2. The second-order valence-corrected chi connectivity index (χ2v) is 6.55. The maximum absolute atomic E-state index is 14.9. The lowest BCUT2D eigenvalue weighted by atomic mass is 10.0. The Morgan fingerprint density at radius 1 is 1.34 bits per heavy atom. The number of aromatic nitrogens is 4. The maximum atomic E-state index is 14.9. The van der Waals surface area contributed by atoms with Gasteiger partial charge in [-0.25, -0.2) is 23.4 Å². The fourth-order valence-corrected chi connectivity index (χ4v) is 3.35. The Hall–Kier alpha value is -3.40. The van der Waals surface area contributed by atoms with Crippen LogP contribution in [0.1, 0.15) is 6.92 Å². The summed E-state index contributed by atoms with van der Waals surface area (Å²) < 4.78 is 35.5. The first-order valence-electron chi connectivity index (χ1n) is 8.44. The van der Waals surface area contributed by atoms with E-state index in [4.69, 9.17) is 4.74 Å². The molecule has 0 N–H and O–H groups in total. The molecule has 3 aromatic rings. The van der Waals surface area contributed by atoms with Crippen molar-refractivity contribution in [2.24, 2.45) is 5.10 Å². The third kappa shape index (κ3) is 3.21. The van der Waals surface area contributed by atoms with Gasteiger partial charge in [-0.3, -0.25) is 0 Å². The molecule has 1 saturated heterocycles. The summed E-state index contributed by atoms with van der Waals surface area (Å²) in [6.45, 7) is 1.70. The molecule has 146 valence electrons. The molecular weight excluding hydrogens is 402 g/mol. The molecular formula is C18H13F2N6O2S+. The van der Waals surface area contributed by atoms with E-state index < -0.39 is 28.4 Å². The van der Waals surface area contributed by atoms with E-state index in [-0.39, 0.29) is 23.4 Å². The molecule has 4 rings (SSSR count). The van der Waals surface area contributed by atoms with Crippen LogP contribution in [0.5, 0.6) is 0 Å². The number of carbonyl (C=O) groups is 1. The molecule has 0 radical (unpaired) electrons. The molecule has 8 nitrogen and oxygen atoms in total. The molecule has 0 aliphatic carbocycles. The summed E-state index contributed by atoms with van der Waals surface area (Å²) >= 11 is 4.62. The first-order chi connectivity index (χ1) is 13.9. The third-order valence-electron chi connectivity index (χ3n) is 4.48. The van der Waals surface area contributed by atoms with Crippen molar-refractivity contribution >= 4 is 29.2 Å². The molecule has 2 atom stereocenters. The molecule has 0 bridgehead atoms. The van der Waals surface area contributed by atoms with Gasteiger partial charge in [0, 0.05) is 23.9 Å². The highest BCUT2D eigenvalue weighted by atomic mass is 32.1. The van der Waals surface area contributed by atoms with Crippen LogP contribution >= 0.6 is 12.2 Å². The third-order valence-corrected chi connectivity index (χ3v) is 4.56. The second kappa shape index (κ2) is 7.21. The standard InChI is InChI=1S/C18H13F2N6O2S/c1-11-7-26(24-10-29,18(27)28-11)13-4-14(19)17(15(20)5-13)12-2-3-16(22-6-12)25-9-21-8-23-25/h2-6,8-9,11H,7H2,1H3/q+1/t11?,26-/m0/s1. The lowest BCUT2D eigenvalue weighted by Gasteiger charge is -2.19. The predicted molar refractivity (Wildman–Crippen MR) is 102 cm³/mol. The molecule has 1 aromatic carbocycles. The molecule has 1 fully saturated rings. The van der Waals surface area contributed by atoms with Crippen molar-refractivity contribution in [3.63, 3.8) is 0 Å². The number of rotatable bonds is 4. The van der Waals surface area contributed by atoms with E-state index in [1.54, 1.807) is 13.0 Å². The van der Waals surface area contributed by atoms with Crippen molar-refractivity contribution in [3.8, 4) is 16.9 Å². The number of carbonyl (C=O) groups excluding carboxylic acids is 1. The summed E-state index contributed by atoms with van der Waals surface area (Å²) in [7, 11) is 0. The highest BCUT2D eigenvalue weighted by Crippen LogP contribution is 2.36. The Morgan fingerprint density at radius 2 is 2.10 bits per heavy atom. The van der Waals surface area contributed by atoms with E-state index in [0.29, 0.717) is 5.82 Å². The Balaban J connectivity index is 1.76. The van der Waals surface area contributed by atoms with E-state index in [2.05, 4.69) is 37.5 Å². The number of quaternary nitrogens is 1. The largest absolute Gasteiger partial charge is 0.550 e. The van der Waals surface area contributed by atoms with Gasteiger partial charge in [0.25, 0.3) is 0 Å². The van der Waals surface area contributed by atoms with Crippen LogP contribution in [-0.2, 0) is 4.74 Å². The minimum atomic E-state index is -0.875. The molecule has 0 saturated carbocycles. The van der Waals surface area contributed by atoms with Crippen molar-refractivity contribution in [3.05, 3.63) is 54.8 Å². The van der Waals surface area contributed by atoms with Crippen LogP contribution in [0.15, 0.2) is 48.2 Å². The zero-order valence-corrected chi connectivity index (χ0v) is 15.8. The van der Waals surface area contributed by atoms with Crippen LogP contribution in [0, 0.1) is 11.6 Å². The summed E-state index contributed by atoms with van der Waals surface area (Å²) in [5, 5.41) is 9.91. The molecule has 2 aromatic heterocycles. The Kier molecular flexibility index (Phi) is 4.71. The van der Waals surface area contributed by atoms with Gasteiger partial charge in [0.05, 0.1) is 5.56 Å². The zero-order chi connectivity index (χ0) is 20.6. The van der Waals surface area contributed by atoms with Gasteiger partial charge in [0.1, 0.15) is 29.5 Å². The van der Waals surface area contributed by atoms with E-state index >= 15 is 0 Å². The summed E-state index contributed by atoms with van der Waals surface area (Å²) in [4.78, 5) is 20.3. The number of cyclic esters (lactones) is 1. The number of ether oxygens (including phenoxy) is 1. The van der Waals surface area contributed by atoms with E-state index in [1.165, 1.54) is 29.6 Å². The minimum Gasteiger partial charge on any atom is -0.409 e. The molecule has 29 heavy (non-hydrogen) atoms. The summed E-state index contributed by atoms with van der Waals surface area (Å²) in [5.41, 5.74) is -0.100. The fraction of sp³-hybridized carbons (Fsp3) is 0.167. The Morgan fingerprint density at radius 3 is 2.62 bits per heavy atom. The number of isothiocyanates is 1. The van der Waals surface area contributed by atoms with E-state index in [1.807, 2.05) is 0 Å². The fourth-order valence-electron chi connectivity index (χ4n) is 3.21. The van der Waals surface area contributed by atoms with Crippen LogP contribution in [0.4, 0.5) is 19.3 Å². The van der Waals surface area contributed by atoms with Gasteiger partial charge in [0.15, 0.2) is 24.2 Å². The number of hydrogen-bond acceptors (Lipinski definition) is 7. The molecule has 1 aliphatic rings. The number of amides is 1. The van der Waals surface area contributed by atoms with Gasteiger partial charge in [-0.1, -0.05) is 4.59 Å². The van der Waals surface area contributed by atoms with E-state index in [0.717, 1.165) is 12.1 Å². The lowest BCUT2D eigenvalue weighted by molar-refractivity contribution is 0.139. The molecule has 3 heterocycles. The number of hydrogen-bond donors (Lipinski definition) is 0. The van der Waals surface area contributed by atoms with Crippen LogP contribution in [-0.4, -0.2) is 43.7 Å². The SMILES string of the molecule is CC1C[N@+](N=C=S)(c2cc(F)c(-c3ccc(-n4cncn4)nc3)c(F)c2)C(=O)O1. The van der Waals surface area contributed by atoms with Crippen LogP contribution in [0.2, 0.25) is 0 Å². The maximum Gasteiger partial charge on any atom is 0.550 e. The average Bonchev–Trinajstić information content (AvgIpc) is 3.31. The van der Waals surface area contributed by atoms with Crippen molar-refractivity contribution in [2.45, 2.75) is 13.0 Å². The quantitative estimate of drug-likeness (QED) is 0.369. The first-order valence-corrected chi connectivity index (χ1v) is 8.85. The smallest absolute Gasteiger partial charge is 0.409 e. The van der Waals surface area contributed by atoms with Gasteiger partial charge in [-0.05, 0) is 36.4 Å². The van der Waals surface area contributed by atoms with Crippen molar-refractivity contribution < 1.29 is 18.3 Å². The minimum absolute atomic E-state index is 0.0392.